The van der Waals surface area contributed by atoms with Gasteiger partial charge in [-0.2, -0.15) is 0 Å². The van der Waals surface area contributed by atoms with Crippen molar-refractivity contribution in [1.29, 1.82) is 0 Å². The largest absolute Gasteiger partial charge is 0.381 e. The van der Waals surface area contributed by atoms with Crippen LogP contribution in [0.25, 0.3) is 0 Å². The SMILES string of the molecule is CC(C)(CCN)CNC(=O)C1CCOCC1. The summed E-state index contributed by atoms with van der Waals surface area (Å²) in [5.41, 5.74) is 5.63. The van der Waals surface area contributed by atoms with Crippen molar-refractivity contribution in [2.45, 2.75) is 33.1 Å². The lowest BCUT2D eigenvalue weighted by molar-refractivity contribution is -0.128. The van der Waals surface area contributed by atoms with Gasteiger partial charge in [0, 0.05) is 25.7 Å². The summed E-state index contributed by atoms with van der Waals surface area (Å²) in [5, 5.41) is 3.03. The van der Waals surface area contributed by atoms with Crippen LogP contribution in [0, 0.1) is 11.3 Å². The first kappa shape index (κ1) is 13.5. The molecule has 1 heterocycles. The topological polar surface area (TPSA) is 64.3 Å². The smallest absolute Gasteiger partial charge is 0.223 e. The van der Waals surface area contributed by atoms with Crippen LogP contribution in [0.5, 0.6) is 0 Å². The van der Waals surface area contributed by atoms with Crippen LogP contribution < -0.4 is 11.1 Å². The molecule has 0 unspecified atom stereocenters. The standard InChI is InChI=1S/C12H24N2O2/c1-12(2,5-6-13)9-14-11(15)10-3-7-16-8-4-10/h10H,3-9,13H2,1-2H3,(H,14,15). The molecule has 4 nitrogen and oxygen atoms in total. The van der Waals surface area contributed by atoms with E-state index in [0.717, 1.165) is 19.3 Å². The molecular weight excluding hydrogens is 204 g/mol. The second-order valence-electron chi connectivity index (χ2n) is 5.31. The molecule has 1 aliphatic heterocycles. The van der Waals surface area contributed by atoms with Crippen LogP contribution >= 0.6 is 0 Å². The maximum Gasteiger partial charge on any atom is 0.223 e. The molecular formula is C12H24N2O2. The molecule has 0 aromatic rings. The van der Waals surface area contributed by atoms with E-state index in [1.807, 2.05) is 0 Å². The first-order valence-electron chi connectivity index (χ1n) is 6.11. The van der Waals surface area contributed by atoms with Gasteiger partial charge in [-0.15, -0.1) is 0 Å². The van der Waals surface area contributed by atoms with Gasteiger partial charge in [-0.05, 0) is 31.2 Å². The van der Waals surface area contributed by atoms with Gasteiger partial charge in [0.2, 0.25) is 5.91 Å². The summed E-state index contributed by atoms with van der Waals surface area (Å²) >= 11 is 0. The van der Waals surface area contributed by atoms with Crippen molar-refractivity contribution in [2.75, 3.05) is 26.3 Å². The van der Waals surface area contributed by atoms with Crippen molar-refractivity contribution in [3.63, 3.8) is 0 Å². The van der Waals surface area contributed by atoms with Gasteiger partial charge < -0.3 is 15.8 Å². The lowest BCUT2D eigenvalue weighted by Crippen LogP contribution is -2.40. The molecule has 0 bridgehead atoms. The van der Waals surface area contributed by atoms with Crippen LogP contribution in [0.1, 0.15) is 33.1 Å². The minimum absolute atomic E-state index is 0.0928. The summed E-state index contributed by atoms with van der Waals surface area (Å²) < 4.78 is 5.24. The predicted octanol–water partition coefficient (Wildman–Crippen LogP) is 0.904. The zero-order valence-electron chi connectivity index (χ0n) is 10.4. The third-order valence-electron chi connectivity index (χ3n) is 3.15. The van der Waals surface area contributed by atoms with Crippen molar-refractivity contribution in [2.24, 2.45) is 17.1 Å². The summed E-state index contributed by atoms with van der Waals surface area (Å²) in [7, 11) is 0. The van der Waals surface area contributed by atoms with Crippen LogP contribution in [-0.4, -0.2) is 32.2 Å². The van der Waals surface area contributed by atoms with Gasteiger partial charge in [0.05, 0.1) is 0 Å². The third kappa shape index (κ3) is 4.49. The average molecular weight is 228 g/mol. The molecule has 1 rings (SSSR count). The van der Waals surface area contributed by atoms with Gasteiger partial charge in [0.25, 0.3) is 0 Å². The first-order chi connectivity index (χ1) is 7.55. The second-order valence-corrected chi connectivity index (χ2v) is 5.31. The number of hydrogen-bond acceptors (Lipinski definition) is 3. The number of amides is 1. The molecule has 0 spiro atoms. The fourth-order valence-electron chi connectivity index (χ4n) is 1.91. The Hall–Kier alpha value is -0.610. The van der Waals surface area contributed by atoms with E-state index < -0.39 is 0 Å². The van der Waals surface area contributed by atoms with Gasteiger partial charge in [-0.1, -0.05) is 13.8 Å². The quantitative estimate of drug-likeness (QED) is 0.735. The Bertz CT molecular complexity index is 223. The van der Waals surface area contributed by atoms with E-state index in [2.05, 4.69) is 19.2 Å². The fraction of sp³-hybridized carbons (Fsp3) is 0.917. The second kappa shape index (κ2) is 6.21. The average Bonchev–Trinajstić information content (AvgIpc) is 2.27. The number of ether oxygens (including phenoxy) is 1. The highest BCUT2D eigenvalue weighted by molar-refractivity contribution is 5.78. The Morgan fingerprint density at radius 2 is 2.06 bits per heavy atom. The monoisotopic (exact) mass is 228 g/mol. The van der Waals surface area contributed by atoms with E-state index in [9.17, 15) is 4.79 Å². The molecule has 0 atom stereocenters. The maximum atomic E-state index is 11.9. The molecule has 1 fully saturated rings. The molecule has 1 saturated heterocycles. The highest BCUT2D eigenvalue weighted by atomic mass is 16.5. The normalized spacial score (nSPS) is 18.4. The van der Waals surface area contributed by atoms with Crippen molar-refractivity contribution >= 4 is 5.91 Å². The Balaban J connectivity index is 2.28. The maximum absolute atomic E-state index is 11.9. The lowest BCUT2D eigenvalue weighted by atomic mass is 9.89. The molecule has 0 aliphatic carbocycles. The van der Waals surface area contributed by atoms with E-state index in [1.54, 1.807) is 0 Å². The molecule has 94 valence electrons. The van der Waals surface area contributed by atoms with E-state index in [0.29, 0.717) is 26.3 Å². The van der Waals surface area contributed by atoms with Crippen molar-refractivity contribution in [3.05, 3.63) is 0 Å². The molecule has 0 radical (unpaired) electrons. The van der Waals surface area contributed by atoms with Crippen molar-refractivity contribution in [1.82, 2.24) is 5.32 Å². The van der Waals surface area contributed by atoms with E-state index in [-0.39, 0.29) is 17.2 Å². The molecule has 0 saturated carbocycles. The Morgan fingerprint density at radius 1 is 1.44 bits per heavy atom. The first-order valence-corrected chi connectivity index (χ1v) is 6.11. The Kier molecular flexibility index (Phi) is 5.22. The molecule has 0 aromatic heterocycles. The third-order valence-corrected chi connectivity index (χ3v) is 3.15. The lowest BCUT2D eigenvalue weighted by Gasteiger charge is -2.27. The zero-order valence-corrected chi connectivity index (χ0v) is 10.4. The number of rotatable bonds is 5. The molecule has 1 amide bonds. The predicted molar refractivity (Wildman–Crippen MR) is 64.0 cm³/mol. The Morgan fingerprint density at radius 3 is 2.62 bits per heavy atom. The molecule has 3 N–H and O–H groups in total. The van der Waals surface area contributed by atoms with E-state index in [4.69, 9.17) is 10.5 Å². The van der Waals surface area contributed by atoms with Gasteiger partial charge in [-0.3, -0.25) is 4.79 Å². The molecule has 16 heavy (non-hydrogen) atoms. The van der Waals surface area contributed by atoms with Crippen LogP contribution in [0.3, 0.4) is 0 Å². The number of nitrogens with one attached hydrogen (secondary N) is 1. The van der Waals surface area contributed by atoms with Crippen LogP contribution in [0.2, 0.25) is 0 Å². The fourth-order valence-corrected chi connectivity index (χ4v) is 1.91. The number of carbonyl (C=O) groups is 1. The van der Waals surface area contributed by atoms with Gasteiger partial charge in [-0.25, -0.2) is 0 Å². The van der Waals surface area contributed by atoms with Gasteiger partial charge in [0.1, 0.15) is 0 Å². The van der Waals surface area contributed by atoms with E-state index >= 15 is 0 Å². The summed E-state index contributed by atoms with van der Waals surface area (Å²) in [4.78, 5) is 11.9. The van der Waals surface area contributed by atoms with Crippen molar-refractivity contribution < 1.29 is 9.53 Å². The minimum atomic E-state index is 0.0928. The number of carbonyl (C=O) groups excluding carboxylic acids is 1. The zero-order chi connectivity index (χ0) is 12.0. The van der Waals surface area contributed by atoms with Crippen LogP contribution in [0.15, 0.2) is 0 Å². The van der Waals surface area contributed by atoms with Crippen LogP contribution in [0.4, 0.5) is 0 Å². The number of nitrogens with two attached hydrogens (primary N) is 1. The highest BCUT2D eigenvalue weighted by Crippen LogP contribution is 2.19. The van der Waals surface area contributed by atoms with Gasteiger partial charge in [0.15, 0.2) is 0 Å². The van der Waals surface area contributed by atoms with Gasteiger partial charge >= 0.3 is 0 Å². The van der Waals surface area contributed by atoms with Crippen molar-refractivity contribution in [3.8, 4) is 0 Å². The molecule has 4 heteroatoms. The summed E-state index contributed by atoms with van der Waals surface area (Å²) in [5.74, 6) is 0.316. The Labute approximate surface area is 97.9 Å². The molecule has 0 aromatic carbocycles. The number of hydrogen-bond donors (Lipinski definition) is 2. The molecule has 1 aliphatic rings. The summed E-state index contributed by atoms with van der Waals surface area (Å²) in [6.45, 7) is 7.06. The highest BCUT2D eigenvalue weighted by Gasteiger charge is 2.24. The van der Waals surface area contributed by atoms with Crippen LogP contribution in [-0.2, 0) is 9.53 Å². The minimum Gasteiger partial charge on any atom is -0.381 e. The summed E-state index contributed by atoms with van der Waals surface area (Å²) in [6, 6.07) is 0. The van der Waals surface area contributed by atoms with E-state index in [1.165, 1.54) is 0 Å². The summed E-state index contributed by atoms with van der Waals surface area (Å²) in [6.07, 6.45) is 2.63.